The molecule has 0 saturated carbocycles. The van der Waals surface area contributed by atoms with Crippen LogP contribution in [0.3, 0.4) is 0 Å². The molecular formula is C7H5FIN3. The molecule has 2 rings (SSSR count). The molecule has 0 atom stereocenters. The van der Waals surface area contributed by atoms with Crippen LogP contribution in [0, 0.1) is 16.3 Å². The summed E-state index contributed by atoms with van der Waals surface area (Å²) in [5, 5.41) is 7.22. The van der Waals surface area contributed by atoms with Crippen LogP contribution >= 0.6 is 22.6 Å². The summed E-state index contributed by atoms with van der Waals surface area (Å²) in [4.78, 5) is 4.00. The monoisotopic (exact) mass is 277 g/mol. The van der Waals surface area contributed by atoms with Gasteiger partial charge >= 0.3 is 0 Å². The van der Waals surface area contributed by atoms with Crippen LogP contribution in [0.2, 0.25) is 0 Å². The van der Waals surface area contributed by atoms with Gasteiger partial charge in [-0.3, -0.25) is 5.10 Å². The Morgan fingerprint density at radius 1 is 1.58 bits per heavy atom. The predicted octanol–water partition coefficient (Wildman–Crippen LogP) is 2.01. The standard InChI is InChI=1S/C7H5FIN3/c1-3-5(8)6(9)4-2-10-12-7(4)11-3/h2H,1H3,(H,10,11,12). The number of hydrogen-bond donors (Lipinski definition) is 1. The first-order valence-corrected chi connectivity index (χ1v) is 4.42. The average molecular weight is 277 g/mol. The smallest absolute Gasteiger partial charge is 0.158 e. The molecule has 5 heteroatoms. The third-order valence-corrected chi connectivity index (χ3v) is 2.70. The van der Waals surface area contributed by atoms with Crippen molar-refractivity contribution in [1.29, 1.82) is 0 Å². The fourth-order valence-corrected chi connectivity index (χ4v) is 1.80. The van der Waals surface area contributed by atoms with Crippen LogP contribution < -0.4 is 0 Å². The second-order valence-corrected chi connectivity index (χ2v) is 3.54. The number of halogens is 2. The number of pyridine rings is 1. The van der Waals surface area contributed by atoms with Crippen molar-refractivity contribution < 1.29 is 4.39 Å². The SMILES string of the molecule is Cc1nc2[nH]ncc2c(I)c1F. The molecule has 0 saturated heterocycles. The Balaban J connectivity index is 2.94. The van der Waals surface area contributed by atoms with Crippen molar-refractivity contribution in [3.63, 3.8) is 0 Å². The van der Waals surface area contributed by atoms with Crippen molar-refractivity contribution in [2.24, 2.45) is 0 Å². The van der Waals surface area contributed by atoms with E-state index in [4.69, 9.17) is 0 Å². The first kappa shape index (κ1) is 7.90. The Morgan fingerprint density at radius 3 is 3.08 bits per heavy atom. The van der Waals surface area contributed by atoms with Gasteiger partial charge in [-0.2, -0.15) is 5.10 Å². The lowest BCUT2D eigenvalue weighted by Gasteiger charge is -1.98. The van der Waals surface area contributed by atoms with E-state index in [2.05, 4.69) is 15.2 Å². The van der Waals surface area contributed by atoms with Gasteiger partial charge in [-0.1, -0.05) is 0 Å². The normalized spacial score (nSPS) is 10.9. The van der Waals surface area contributed by atoms with Crippen LogP contribution in [0.25, 0.3) is 11.0 Å². The van der Waals surface area contributed by atoms with Gasteiger partial charge in [-0.25, -0.2) is 9.37 Å². The highest BCUT2D eigenvalue weighted by atomic mass is 127. The molecule has 12 heavy (non-hydrogen) atoms. The molecule has 2 aromatic heterocycles. The zero-order valence-corrected chi connectivity index (χ0v) is 8.39. The number of nitrogens with zero attached hydrogens (tertiary/aromatic N) is 2. The van der Waals surface area contributed by atoms with Crippen LogP contribution in [-0.2, 0) is 0 Å². The van der Waals surface area contributed by atoms with Gasteiger partial charge < -0.3 is 0 Å². The third-order valence-electron chi connectivity index (χ3n) is 1.65. The molecule has 3 nitrogen and oxygen atoms in total. The fourth-order valence-electron chi connectivity index (χ4n) is 1.02. The maximum atomic E-state index is 13.2. The van der Waals surface area contributed by atoms with E-state index in [1.807, 2.05) is 22.6 Å². The molecule has 0 unspecified atom stereocenters. The van der Waals surface area contributed by atoms with Crippen LogP contribution in [0.1, 0.15) is 5.69 Å². The highest BCUT2D eigenvalue weighted by Crippen LogP contribution is 2.21. The van der Waals surface area contributed by atoms with Crippen molar-refractivity contribution in [2.45, 2.75) is 6.92 Å². The first-order chi connectivity index (χ1) is 5.70. The number of rotatable bonds is 0. The molecule has 0 radical (unpaired) electrons. The molecule has 2 heterocycles. The highest BCUT2D eigenvalue weighted by Gasteiger charge is 2.10. The minimum Gasteiger partial charge on any atom is -0.261 e. The zero-order valence-electron chi connectivity index (χ0n) is 6.23. The van der Waals surface area contributed by atoms with E-state index in [1.165, 1.54) is 0 Å². The molecule has 0 aliphatic heterocycles. The lowest BCUT2D eigenvalue weighted by atomic mass is 10.3. The molecule has 0 amide bonds. The molecule has 62 valence electrons. The van der Waals surface area contributed by atoms with Gasteiger partial charge in [0.25, 0.3) is 0 Å². The Hall–Kier alpha value is -0.720. The Bertz CT molecular complexity index is 437. The minimum atomic E-state index is -0.260. The van der Waals surface area contributed by atoms with E-state index in [-0.39, 0.29) is 5.82 Å². The molecule has 0 bridgehead atoms. The van der Waals surface area contributed by atoms with Crippen LogP contribution in [0.5, 0.6) is 0 Å². The summed E-state index contributed by atoms with van der Waals surface area (Å²) in [6, 6.07) is 0. The number of fused-ring (bicyclic) bond motifs is 1. The van der Waals surface area contributed by atoms with Crippen LogP contribution in [-0.4, -0.2) is 15.2 Å². The highest BCUT2D eigenvalue weighted by molar-refractivity contribution is 14.1. The largest absolute Gasteiger partial charge is 0.261 e. The van der Waals surface area contributed by atoms with E-state index >= 15 is 0 Å². The van der Waals surface area contributed by atoms with E-state index in [9.17, 15) is 4.39 Å². The third kappa shape index (κ3) is 0.996. The summed E-state index contributed by atoms with van der Waals surface area (Å²) in [6.45, 7) is 1.64. The zero-order chi connectivity index (χ0) is 8.72. The van der Waals surface area contributed by atoms with Crippen LogP contribution in [0.4, 0.5) is 4.39 Å². The molecule has 0 spiro atoms. The Kier molecular flexibility index (Phi) is 1.75. The van der Waals surface area contributed by atoms with E-state index in [1.54, 1.807) is 13.1 Å². The minimum absolute atomic E-state index is 0.260. The molecular weight excluding hydrogens is 272 g/mol. The second kappa shape index (κ2) is 2.65. The summed E-state index contributed by atoms with van der Waals surface area (Å²) in [5.74, 6) is -0.260. The van der Waals surface area contributed by atoms with Gasteiger partial charge in [0.05, 0.1) is 20.8 Å². The van der Waals surface area contributed by atoms with Crippen LogP contribution in [0.15, 0.2) is 6.20 Å². The summed E-state index contributed by atoms with van der Waals surface area (Å²) in [7, 11) is 0. The number of nitrogens with one attached hydrogen (secondary N) is 1. The fraction of sp³-hybridized carbons (Fsp3) is 0.143. The van der Waals surface area contributed by atoms with Crippen molar-refractivity contribution in [3.05, 3.63) is 21.3 Å². The van der Waals surface area contributed by atoms with E-state index in [0.29, 0.717) is 14.9 Å². The Morgan fingerprint density at radius 2 is 2.33 bits per heavy atom. The van der Waals surface area contributed by atoms with Crippen molar-refractivity contribution in [3.8, 4) is 0 Å². The van der Waals surface area contributed by atoms with Crippen molar-refractivity contribution in [1.82, 2.24) is 15.2 Å². The first-order valence-electron chi connectivity index (χ1n) is 3.35. The van der Waals surface area contributed by atoms with Gasteiger partial charge in [-0.15, -0.1) is 0 Å². The lowest BCUT2D eigenvalue weighted by molar-refractivity contribution is 0.605. The number of aromatic amines is 1. The van der Waals surface area contributed by atoms with Gasteiger partial charge in [0.1, 0.15) is 0 Å². The van der Waals surface area contributed by atoms with E-state index < -0.39 is 0 Å². The topological polar surface area (TPSA) is 41.6 Å². The maximum absolute atomic E-state index is 13.2. The summed E-state index contributed by atoms with van der Waals surface area (Å²) in [5.41, 5.74) is 1.04. The molecule has 2 aromatic rings. The van der Waals surface area contributed by atoms with E-state index in [0.717, 1.165) is 5.39 Å². The van der Waals surface area contributed by atoms with Gasteiger partial charge in [0.15, 0.2) is 11.5 Å². The molecule has 0 aliphatic carbocycles. The lowest BCUT2D eigenvalue weighted by Crippen LogP contribution is -1.92. The molecule has 0 aliphatic rings. The summed E-state index contributed by atoms with van der Waals surface area (Å²) in [6.07, 6.45) is 1.58. The van der Waals surface area contributed by atoms with Crippen molar-refractivity contribution in [2.75, 3.05) is 0 Å². The number of hydrogen-bond acceptors (Lipinski definition) is 2. The number of H-pyrrole nitrogens is 1. The average Bonchev–Trinajstić information content (AvgIpc) is 2.48. The van der Waals surface area contributed by atoms with Crippen molar-refractivity contribution >= 4 is 33.6 Å². The summed E-state index contributed by atoms with van der Waals surface area (Å²) < 4.78 is 13.8. The van der Waals surface area contributed by atoms with Gasteiger partial charge in [0.2, 0.25) is 0 Å². The quantitative estimate of drug-likeness (QED) is 0.748. The molecule has 0 aromatic carbocycles. The predicted molar refractivity (Wildman–Crippen MR) is 51.3 cm³/mol. The molecule has 0 fully saturated rings. The summed E-state index contributed by atoms with van der Waals surface area (Å²) >= 11 is 1.95. The number of aromatic nitrogens is 3. The number of aryl methyl sites for hydroxylation is 1. The maximum Gasteiger partial charge on any atom is 0.158 e. The van der Waals surface area contributed by atoms with Gasteiger partial charge in [0, 0.05) is 0 Å². The second-order valence-electron chi connectivity index (χ2n) is 2.46. The van der Waals surface area contributed by atoms with Gasteiger partial charge in [-0.05, 0) is 29.5 Å². The molecule has 1 N–H and O–H groups in total. The Labute approximate surface area is 81.5 Å².